The van der Waals surface area contributed by atoms with Crippen LogP contribution in [0.2, 0.25) is 0 Å². The number of carbonyl (C=O) groups is 1. The van der Waals surface area contributed by atoms with Crippen molar-refractivity contribution in [1.82, 2.24) is 9.88 Å². The Morgan fingerprint density at radius 2 is 2.20 bits per heavy atom. The second-order valence-electron chi connectivity index (χ2n) is 4.74. The van der Waals surface area contributed by atoms with E-state index in [1.54, 1.807) is 13.0 Å². The summed E-state index contributed by atoms with van der Waals surface area (Å²) in [6.45, 7) is 5.66. The number of aromatic nitrogens is 1. The maximum absolute atomic E-state index is 13.1. The maximum Gasteiger partial charge on any atom is 0.320 e. The van der Waals surface area contributed by atoms with Crippen LogP contribution in [0.5, 0.6) is 0 Å². The average molecular weight is 281 g/mol. The van der Waals surface area contributed by atoms with Gasteiger partial charge in [0.2, 0.25) is 5.95 Å². The van der Waals surface area contributed by atoms with Gasteiger partial charge in [0.1, 0.15) is 5.82 Å². The summed E-state index contributed by atoms with van der Waals surface area (Å²) < 4.78 is 18.1. The predicted octanol–water partition coefficient (Wildman–Crippen LogP) is 1.30. The zero-order chi connectivity index (χ0) is 14.4. The molecule has 2 rings (SSSR count). The lowest BCUT2D eigenvalue weighted by Crippen LogP contribution is -2.35. The number of ether oxygens (including phenoxy) is 1. The number of hydrogen-bond donors (Lipinski definition) is 0. The highest BCUT2D eigenvalue weighted by Gasteiger charge is 2.18. The van der Waals surface area contributed by atoms with Crippen molar-refractivity contribution >= 4 is 11.8 Å². The van der Waals surface area contributed by atoms with Crippen molar-refractivity contribution < 1.29 is 13.9 Å². The van der Waals surface area contributed by atoms with E-state index in [4.69, 9.17) is 4.74 Å². The number of carbonyl (C=O) groups excluding carboxylic acids is 1. The van der Waals surface area contributed by atoms with Crippen LogP contribution in [0.25, 0.3) is 0 Å². The van der Waals surface area contributed by atoms with Gasteiger partial charge in [0.25, 0.3) is 0 Å². The molecule has 0 amide bonds. The first kappa shape index (κ1) is 14.7. The number of pyridine rings is 1. The SMILES string of the molecule is CCOC(=O)CN1CCCN(c2cccc(F)n2)CC1. The molecule has 2 heterocycles. The molecule has 0 bridgehead atoms. The highest BCUT2D eigenvalue weighted by Crippen LogP contribution is 2.14. The molecule has 20 heavy (non-hydrogen) atoms. The Kier molecular flexibility index (Phi) is 5.29. The van der Waals surface area contributed by atoms with Gasteiger partial charge in [0.05, 0.1) is 13.2 Å². The van der Waals surface area contributed by atoms with Gasteiger partial charge in [-0.05, 0) is 25.5 Å². The molecule has 0 spiro atoms. The van der Waals surface area contributed by atoms with Crippen molar-refractivity contribution in [2.75, 3.05) is 44.2 Å². The van der Waals surface area contributed by atoms with Crippen LogP contribution in [-0.4, -0.2) is 55.2 Å². The first-order valence-corrected chi connectivity index (χ1v) is 6.94. The van der Waals surface area contributed by atoms with Crippen LogP contribution in [-0.2, 0) is 9.53 Å². The quantitative estimate of drug-likeness (QED) is 0.615. The average Bonchev–Trinajstić information content (AvgIpc) is 2.64. The van der Waals surface area contributed by atoms with E-state index in [-0.39, 0.29) is 5.97 Å². The van der Waals surface area contributed by atoms with Crippen LogP contribution in [0.15, 0.2) is 18.2 Å². The summed E-state index contributed by atoms with van der Waals surface area (Å²) in [4.78, 5) is 19.5. The van der Waals surface area contributed by atoms with E-state index in [9.17, 15) is 9.18 Å². The molecule has 1 aromatic rings. The van der Waals surface area contributed by atoms with Gasteiger partial charge in [0.15, 0.2) is 0 Å². The van der Waals surface area contributed by atoms with Crippen molar-refractivity contribution in [1.29, 1.82) is 0 Å². The summed E-state index contributed by atoms with van der Waals surface area (Å²) in [5.74, 6) is 0.00272. The standard InChI is InChI=1S/C14H20FN3O2/c1-2-20-14(19)11-17-7-4-8-18(10-9-17)13-6-3-5-12(15)16-13/h3,5-6H,2,4,7-11H2,1H3. The Morgan fingerprint density at radius 1 is 1.35 bits per heavy atom. The molecule has 0 aromatic carbocycles. The molecule has 0 aliphatic carbocycles. The number of esters is 1. The van der Waals surface area contributed by atoms with E-state index >= 15 is 0 Å². The molecule has 1 saturated heterocycles. The summed E-state index contributed by atoms with van der Waals surface area (Å²) in [6.07, 6.45) is 0.914. The zero-order valence-corrected chi connectivity index (χ0v) is 11.7. The van der Waals surface area contributed by atoms with Gasteiger partial charge in [-0.2, -0.15) is 4.39 Å². The molecular weight excluding hydrogens is 261 g/mol. The summed E-state index contributed by atoms with van der Waals surface area (Å²) in [7, 11) is 0. The molecule has 5 nitrogen and oxygen atoms in total. The molecule has 6 heteroatoms. The first-order chi connectivity index (χ1) is 9.69. The predicted molar refractivity (Wildman–Crippen MR) is 74.1 cm³/mol. The minimum absolute atomic E-state index is 0.190. The highest BCUT2D eigenvalue weighted by molar-refractivity contribution is 5.71. The smallest absolute Gasteiger partial charge is 0.320 e. The normalized spacial score (nSPS) is 16.8. The van der Waals surface area contributed by atoms with E-state index in [1.807, 2.05) is 11.0 Å². The molecule has 0 N–H and O–H groups in total. The third-order valence-corrected chi connectivity index (χ3v) is 3.27. The number of hydrogen-bond acceptors (Lipinski definition) is 5. The van der Waals surface area contributed by atoms with Crippen molar-refractivity contribution in [3.63, 3.8) is 0 Å². The molecule has 1 aliphatic rings. The molecule has 0 unspecified atom stereocenters. The second-order valence-corrected chi connectivity index (χ2v) is 4.74. The lowest BCUT2D eigenvalue weighted by molar-refractivity contribution is -0.144. The molecular formula is C14H20FN3O2. The van der Waals surface area contributed by atoms with Gasteiger partial charge in [-0.3, -0.25) is 9.69 Å². The van der Waals surface area contributed by atoms with Gasteiger partial charge in [-0.15, -0.1) is 0 Å². The minimum Gasteiger partial charge on any atom is -0.465 e. The van der Waals surface area contributed by atoms with E-state index in [2.05, 4.69) is 9.88 Å². The summed E-state index contributed by atoms with van der Waals surface area (Å²) >= 11 is 0. The summed E-state index contributed by atoms with van der Waals surface area (Å²) in [5.41, 5.74) is 0. The van der Waals surface area contributed by atoms with Crippen molar-refractivity contribution in [3.05, 3.63) is 24.1 Å². The van der Waals surface area contributed by atoms with Crippen LogP contribution >= 0.6 is 0 Å². The zero-order valence-electron chi connectivity index (χ0n) is 11.7. The molecule has 1 aliphatic heterocycles. The largest absolute Gasteiger partial charge is 0.465 e. The van der Waals surface area contributed by atoms with E-state index < -0.39 is 5.95 Å². The Bertz CT molecular complexity index is 456. The van der Waals surface area contributed by atoms with Gasteiger partial charge in [-0.25, -0.2) is 4.98 Å². The van der Waals surface area contributed by atoms with Crippen LogP contribution in [0.3, 0.4) is 0 Å². The molecule has 0 atom stereocenters. The fourth-order valence-electron chi connectivity index (χ4n) is 2.32. The fourth-order valence-corrected chi connectivity index (χ4v) is 2.32. The number of halogens is 1. The van der Waals surface area contributed by atoms with Gasteiger partial charge in [0, 0.05) is 26.2 Å². The maximum atomic E-state index is 13.1. The number of rotatable bonds is 4. The lowest BCUT2D eigenvalue weighted by Gasteiger charge is -2.22. The van der Waals surface area contributed by atoms with Gasteiger partial charge >= 0.3 is 5.97 Å². The molecule has 0 saturated carbocycles. The Morgan fingerprint density at radius 3 is 2.95 bits per heavy atom. The van der Waals surface area contributed by atoms with E-state index in [0.29, 0.717) is 19.0 Å². The van der Waals surface area contributed by atoms with Gasteiger partial charge in [-0.1, -0.05) is 6.07 Å². The topological polar surface area (TPSA) is 45.7 Å². The van der Waals surface area contributed by atoms with Crippen molar-refractivity contribution in [3.8, 4) is 0 Å². The highest BCUT2D eigenvalue weighted by atomic mass is 19.1. The number of anilines is 1. The monoisotopic (exact) mass is 281 g/mol. The van der Waals surface area contributed by atoms with Crippen LogP contribution in [0, 0.1) is 5.95 Å². The van der Waals surface area contributed by atoms with E-state index in [0.717, 1.165) is 32.6 Å². The lowest BCUT2D eigenvalue weighted by atomic mass is 10.3. The summed E-state index contributed by atoms with van der Waals surface area (Å²) in [5, 5.41) is 0. The Labute approximate surface area is 118 Å². The first-order valence-electron chi connectivity index (χ1n) is 6.94. The third-order valence-electron chi connectivity index (χ3n) is 3.27. The summed E-state index contributed by atoms with van der Waals surface area (Å²) in [6, 6.07) is 4.82. The Balaban J connectivity index is 1.90. The van der Waals surface area contributed by atoms with Gasteiger partial charge < -0.3 is 9.64 Å². The Hall–Kier alpha value is -1.69. The molecule has 0 radical (unpaired) electrons. The molecule has 1 aromatic heterocycles. The van der Waals surface area contributed by atoms with Crippen molar-refractivity contribution in [2.24, 2.45) is 0 Å². The third kappa shape index (κ3) is 4.16. The van der Waals surface area contributed by atoms with Crippen LogP contribution in [0.4, 0.5) is 10.2 Å². The molecule has 1 fully saturated rings. The van der Waals surface area contributed by atoms with Crippen molar-refractivity contribution in [2.45, 2.75) is 13.3 Å². The van der Waals surface area contributed by atoms with E-state index in [1.165, 1.54) is 6.07 Å². The fraction of sp³-hybridized carbons (Fsp3) is 0.571. The number of nitrogens with zero attached hydrogens (tertiary/aromatic N) is 3. The minimum atomic E-state index is -0.463. The second kappa shape index (κ2) is 7.19. The van der Waals surface area contributed by atoms with Crippen LogP contribution in [0.1, 0.15) is 13.3 Å². The van der Waals surface area contributed by atoms with Crippen LogP contribution < -0.4 is 4.90 Å². The molecule has 110 valence electrons.